The van der Waals surface area contributed by atoms with Gasteiger partial charge in [0, 0.05) is 42.4 Å². The normalized spacial score (nSPS) is 14.1. The molecule has 1 aromatic carbocycles. The number of ether oxygens (including phenoxy) is 2. The molecule has 0 saturated heterocycles. The van der Waals surface area contributed by atoms with Crippen LogP contribution in [0.2, 0.25) is 0 Å². The Morgan fingerprint density at radius 2 is 2.19 bits per heavy atom. The average Bonchev–Trinajstić information content (AvgIpc) is 3.04. The highest BCUT2D eigenvalue weighted by Gasteiger charge is 2.27. The van der Waals surface area contributed by atoms with Crippen LogP contribution in [0.1, 0.15) is 31.5 Å². The van der Waals surface area contributed by atoms with Crippen molar-refractivity contribution in [2.45, 2.75) is 33.2 Å². The van der Waals surface area contributed by atoms with Gasteiger partial charge in [-0.05, 0) is 26.0 Å². The van der Waals surface area contributed by atoms with Gasteiger partial charge in [0.15, 0.2) is 5.75 Å². The van der Waals surface area contributed by atoms with Gasteiger partial charge >= 0.3 is 5.69 Å². The van der Waals surface area contributed by atoms with Crippen LogP contribution in [0, 0.1) is 10.1 Å². The van der Waals surface area contributed by atoms with Crippen LogP contribution in [-0.4, -0.2) is 46.8 Å². The first-order chi connectivity index (χ1) is 12.6. The lowest BCUT2D eigenvalue weighted by Gasteiger charge is -2.26. The van der Waals surface area contributed by atoms with Gasteiger partial charge in [0.2, 0.25) is 5.75 Å². The van der Waals surface area contributed by atoms with Crippen molar-refractivity contribution in [3.05, 3.63) is 33.5 Å². The highest BCUT2D eigenvalue weighted by molar-refractivity contribution is 5.73. The van der Waals surface area contributed by atoms with Crippen LogP contribution in [-0.2, 0) is 13.0 Å². The van der Waals surface area contributed by atoms with Crippen molar-refractivity contribution in [1.29, 1.82) is 0 Å². The van der Waals surface area contributed by atoms with Gasteiger partial charge in [0.25, 0.3) is 0 Å². The number of hydrogen-bond acceptors (Lipinski definition) is 6. The number of aromatic amines is 1. The third kappa shape index (κ3) is 3.37. The zero-order valence-corrected chi connectivity index (χ0v) is 15.4. The summed E-state index contributed by atoms with van der Waals surface area (Å²) in [5, 5.41) is 19.1. The summed E-state index contributed by atoms with van der Waals surface area (Å²) in [7, 11) is 1.41. The Labute approximate surface area is 152 Å². The summed E-state index contributed by atoms with van der Waals surface area (Å²) in [6, 6.07) is 3.28. The molecule has 0 radical (unpaired) electrons. The van der Waals surface area contributed by atoms with Crippen molar-refractivity contribution < 1.29 is 14.4 Å². The largest absolute Gasteiger partial charge is 0.490 e. The molecule has 26 heavy (non-hydrogen) atoms. The fourth-order valence-corrected chi connectivity index (χ4v) is 3.42. The number of H-pyrrole nitrogens is 1. The van der Waals surface area contributed by atoms with E-state index in [-0.39, 0.29) is 11.4 Å². The maximum Gasteiger partial charge on any atom is 0.315 e. The summed E-state index contributed by atoms with van der Waals surface area (Å²) in [5.41, 5.74) is 3.49. The number of methoxy groups -OCH3 is 1. The number of benzene rings is 1. The smallest absolute Gasteiger partial charge is 0.315 e. The van der Waals surface area contributed by atoms with Crippen LogP contribution in [0.4, 0.5) is 5.69 Å². The molecule has 0 saturated carbocycles. The second-order valence-electron chi connectivity index (χ2n) is 6.27. The van der Waals surface area contributed by atoms with Gasteiger partial charge in [0.05, 0.1) is 24.3 Å². The molecule has 0 atom stereocenters. The molecule has 0 bridgehead atoms. The SMILES string of the molecule is CCCN1CCc2[nH]nc(-c3cc(OCC)c(OC)c([N+](=O)[O-])c3)c2C1. The van der Waals surface area contributed by atoms with Crippen molar-refractivity contribution in [3.63, 3.8) is 0 Å². The number of fused-ring (bicyclic) bond motifs is 1. The molecule has 1 N–H and O–H groups in total. The van der Waals surface area contributed by atoms with Gasteiger partial charge in [-0.3, -0.25) is 20.1 Å². The average molecular weight is 360 g/mol. The van der Waals surface area contributed by atoms with Gasteiger partial charge in [-0.15, -0.1) is 0 Å². The summed E-state index contributed by atoms with van der Waals surface area (Å²) < 4.78 is 10.8. The summed E-state index contributed by atoms with van der Waals surface area (Å²) in [6.07, 6.45) is 1.99. The Morgan fingerprint density at radius 1 is 1.38 bits per heavy atom. The number of nitrogens with zero attached hydrogens (tertiary/aromatic N) is 3. The van der Waals surface area contributed by atoms with E-state index < -0.39 is 4.92 Å². The van der Waals surface area contributed by atoms with Gasteiger partial charge in [-0.1, -0.05) is 6.92 Å². The van der Waals surface area contributed by atoms with E-state index in [4.69, 9.17) is 9.47 Å². The Balaban J connectivity index is 2.08. The molecule has 140 valence electrons. The number of rotatable bonds is 7. The van der Waals surface area contributed by atoms with E-state index in [9.17, 15) is 10.1 Å². The first-order valence-corrected chi connectivity index (χ1v) is 8.87. The lowest BCUT2D eigenvalue weighted by molar-refractivity contribution is -0.385. The Bertz CT molecular complexity index is 803. The molecule has 3 rings (SSSR count). The number of nitro groups is 1. The second kappa shape index (κ2) is 7.74. The molecule has 2 aromatic rings. The van der Waals surface area contributed by atoms with Crippen molar-refractivity contribution in [1.82, 2.24) is 15.1 Å². The first kappa shape index (κ1) is 18.2. The highest BCUT2D eigenvalue weighted by atomic mass is 16.6. The predicted molar refractivity (Wildman–Crippen MR) is 97.7 cm³/mol. The van der Waals surface area contributed by atoms with Crippen LogP contribution in [0.3, 0.4) is 0 Å². The second-order valence-corrected chi connectivity index (χ2v) is 6.27. The molecule has 1 aliphatic heterocycles. The molecule has 0 aliphatic carbocycles. The lowest BCUT2D eigenvalue weighted by Crippen LogP contribution is -2.31. The first-order valence-electron chi connectivity index (χ1n) is 8.87. The van der Waals surface area contributed by atoms with Crippen molar-refractivity contribution in [2.75, 3.05) is 26.8 Å². The maximum absolute atomic E-state index is 11.5. The standard InChI is InChI=1S/C18H24N4O4/c1-4-7-21-8-6-14-13(11-21)17(20-19-14)12-9-15(22(23)24)18(25-3)16(10-12)26-5-2/h9-10H,4-8,11H2,1-3H3,(H,19,20). The molecule has 1 aliphatic rings. The van der Waals surface area contributed by atoms with E-state index in [1.165, 1.54) is 13.2 Å². The molecule has 0 fully saturated rings. The molecule has 0 unspecified atom stereocenters. The molecular weight excluding hydrogens is 336 g/mol. The Kier molecular flexibility index (Phi) is 5.41. The van der Waals surface area contributed by atoms with Crippen molar-refractivity contribution in [3.8, 4) is 22.8 Å². The molecule has 0 amide bonds. The summed E-state index contributed by atoms with van der Waals surface area (Å²) in [6.45, 7) is 7.19. The summed E-state index contributed by atoms with van der Waals surface area (Å²) in [4.78, 5) is 13.4. The number of hydrogen-bond donors (Lipinski definition) is 1. The van der Waals surface area contributed by atoms with Gasteiger partial charge in [-0.25, -0.2) is 0 Å². The highest BCUT2D eigenvalue weighted by Crippen LogP contribution is 2.42. The summed E-state index contributed by atoms with van der Waals surface area (Å²) >= 11 is 0. The minimum absolute atomic E-state index is 0.119. The predicted octanol–water partition coefficient (Wildman–Crippen LogP) is 3.16. The topological polar surface area (TPSA) is 93.5 Å². The van der Waals surface area contributed by atoms with Crippen molar-refractivity contribution >= 4 is 5.69 Å². The fourth-order valence-electron chi connectivity index (χ4n) is 3.42. The zero-order valence-electron chi connectivity index (χ0n) is 15.4. The van der Waals surface area contributed by atoms with Gasteiger partial charge in [-0.2, -0.15) is 5.10 Å². The molecule has 0 spiro atoms. The van der Waals surface area contributed by atoms with Crippen LogP contribution in [0.15, 0.2) is 12.1 Å². The van der Waals surface area contributed by atoms with E-state index >= 15 is 0 Å². The Hall–Kier alpha value is -2.61. The quantitative estimate of drug-likeness (QED) is 0.602. The van der Waals surface area contributed by atoms with E-state index in [1.807, 2.05) is 6.92 Å². The number of nitrogens with one attached hydrogen (secondary N) is 1. The molecule has 2 heterocycles. The minimum Gasteiger partial charge on any atom is -0.490 e. The minimum atomic E-state index is -0.451. The zero-order chi connectivity index (χ0) is 18.7. The van der Waals surface area contributed by atoms with Crippen LogP contribution >= 0.6 is 0 Å². The van der Waals surface area contributed by atoms with Crippen LogP contribution < -0.4 is 9.47 Å². The number of nitro benzene ring substituents is 1. The van der Waals surface area contributed by atoms with Gasteiger partial charge in [0.1, 0.15) is 0 Å². The maximum atomic E-state index is 11.5. The number of aromatic nitrogens is 2. The van der Waals surface area contributed by atoms with E-state index in [1.54, 1.807) is 6.07 Å². The van der Waals surface area contributed by atoms with E-state index in [0.717, 1.165) is 49.4 Å². The molecular formula is C18H24N4O4. The molecule has 8 nitrogen and oxygen atoms in total. The van der Waals surface area contributed by atoms with Crippen molar-refractivity contribution in [2.24, 2.45) is 0 Å². The third-order valence-electron chi connectivity index (χ3n) is 4.56. The molecule has 8 heteroatoms. The van der Waals surface area contributed by atoms with E-state index in [2.05, 4.69) is 22.0 Å². The van der Waals surface area contributed by atoms with Crippen LogP contribution in [0.5, 0.6) is 11.5 Å². The molecule has 1 aromatic heterocycles. The summed E-state index contributed by atoms with van der Waals surface area (Å²) in [5.74, 6) is 0.495. The van der Waals surface area contributed by atoms with E-state index in [0.29, 0.717) is 17.9 Å². The van der Waals surface area contributed by atoms with Gasteiger partial charge < -0.3 is 9.47 Å². The third-order valence-corrected chi connectivity index (χ3v) is 4.56. The van der Waals surface area contributed by atoms with Crippen LogP contribution in [0.25, 0.3) is 11.3 Å². The fraction of sp³-hybridized carbons (Fsp3) is 0.500. The Morgan fingerprint density at radius 3 is 2.85 bits per heavy atom. The lowest BCUT2D eigenvalue weighted by atomic mass is 10.00. The monoisotopic (exact) mass is 360 g/mol.